The van der Waals surface area contributed by atoms with Crippen molar-refractivity contribution in [2.45, 2.75) is 37.8 Å². The van der Waals surface area contributed by atoms with E-state index in [2.05, 4.69) is 18.4 Å². The molecule has 3 N–H and O–H groups in total. The number of ether oxygens (including phenoxy) is 3. The summed E-state index contributed by atoms with van der Waals surface area (Å²) in [5.74, 6) is 6.72. The Bertz CT molecular complexity index is 459. The molecule has 1 atom stereocenters. The molecule has 1 aliphatic rings. The SMILES string of the molecule is COc1ccc(C)cc1CC(NN)C1(OC)CCOCC1. The van der Waals surface area contributed by atoms with Crippen molar-refractivity contribution in [1.82, 2.24) is 5.43 Å². The van der Waals surface area contributed by atoms with Crippen molar-refractivity contribution in [2.24, 2.45) is 5.84 Å². The largest absolute Gasteiger partial charge is 0.496 e. The summed E-state index contributed by atoms with van der Waals surface area (Å²) in [4.78, 5) is 0. The summed E-state index contributed by atoms with van der Waals surface area (Å²) in [6, 6.07) is 6.21. The fourth-order valence-corrected chi connectivity index (χ4v) is 3.10. The molecule has 5 nitrogen and oxygen atoms in total. The average molecular weight is 294 g/mol. The molecular formula is C16H26N2O3. The molecule has 0 aliphatic carbocycles. The van der Waals surface area contributed by atoms with Gasteiger partial charge in [0.15, 0.2) is 0 Å². The summed E-state index contributed by atoms with van der Waals surface area (Å²) in [6.07, 6.45) is 2.44. The number of rotatable bonds is 6. The minimum Gasteiger partial charge on any atom is -0.496 e. The van der Waals surface area contributed by atoms with Crippen molar-refractivity contribution in [3.05, 3.63) is 29.3 Å². The van der Waals surface area contributed by atoms with Crippen LogP contribution in [0.25, 0.3) is 0 Å². The highest BCUT2D eigenvalue weighted by molar-refractivity contribution is 5.37. The summed E-state index contributed by atoms with van der Waals surface area (Å²) in [7, 11) is 3.45. The molecule has 1 unspecified atom stereocenters. The van der Waals surface area contributed by atoms with E-state index in [1.807, 2.05) is 12.1 Å². The first-order chi connectivity index (χ1) is 10.1. The Morgan fingerprint density at radius 2 is 2.05 bits per heavy atom. The maximum atomic E-state index is 5.84. The zero-order valence-corrected chi connectivity index (χ0v) is 13.1. The molecule has 0 radical (unpaired) electrons. The van der Waals surface area contributed by atoms with Gasteiger partial charge in [-0.25, -0.2) is 0 Å². The monoisotopic (exact) mass is 294 g/mol. The lowest BCUT2D eigenvalue weighted by molar-refractivity contribution is -0.110. The van der Waals surface area contributed by atoms with Crippen LogP contribution in [0.4, 0.5) is 0 Å². The van der Waals surface area contributed by atoms with Gasteiger partial charge >= 0.3 is 0 Å². The molecule has 118 valence electrons. The fraction of sp³-hybridized carbons (Fsp3) is 0.625. The van der Waals surface area contributed by atoms with E-state index in [0.717, 1.165) is 30.6 Å². The van der Waals surface area contributed by atoms with Crippen LogP contribution in [-0.4, -0.2) is 39.1 Å². The lowest BCUT2D eigenvalue weighted by Crippen LogP contribution is -2.58. The van der Waals surface area contributed by atoms with Crippen LogP contribution in [0.2, 0.25) is 0 Å². The molecule has 0 spiro atoms. The van der Waals surface area contributed by atoms with Crippen molar-refractivity contribution < 1.29 is 14.2 Å². The maximum absolute atomic E-state index is 5.84. The highest BCUT2D eigenvalue weighted by Crippen LogP contribution is 2.32. The second-order valence-corrected chi connectivity index (χ2v) is 5.62. The molecule has 1 heterocycles. The highest BCUT2D eigenvalue weighted by atomic mass is 16.5. The number of aryl methyl sites for hydroxylation is 1. The molecule has 0 aromatic heterocycles. The zero-order chi connectivity index (χ0) is 15.3. The third-order valence-corrected chi connectivity index (χ3v) is 4.44. The van der Waals surface area contributed by atoms with Crippen molar-refractivity contribution in [1.29, 1.82) is 0 Å². The first-order valence-corrected chi connectivity index (χ1v) is 7.38. The molecular weight excluding hydrogens is 268 g/mol. The van der Waals surface area contributed by atoms with E-state index in [1.165, 1.54) is 5.56 Å². The number of hydrazine groups is 1. The molecule has 5 heteroatoms. The van der Waals surface area contributed by atoms with Gasteiger partial charge < -0.3 is 14.2 Å². The summed E-state index contributed by atoms with van der Waals surface area (Å²) in [5.41, 5.74) is 5.01. The van der Waals surface area contributed by atoms with Crippen LogP contribution in [0.5, 0.6) is 5.75 Å². The molecule has 21 heavy (non-hydrogen) atoms. The smallest absolute Gasteiger partial charge is 0.122 e. The van der Waals surface area contributed by atoms with E-state index < -0.39 is 0 Å². The van der Waals surface area contributed by atoms with Crippen LogP contribution in [0.15, 0.2) is 18.2 Å². The van der Waals surface area contributed by atoms with Gasteiger partial charge in [0.2, 0.25) is 0 Å². The van der Waals surface area contributed by atoms with Crippen LogP contribution in [-0.2, 0) is 15.9 Å². The molecule has 1 aliphatic heterocycles. The molecule has 1 aromatic carbocycles. The Kier molecular flexibility index (Phi) is 5.58. The third-order valence-electron chi connectivity index (χ3n) is 4.44. The van der Waals surface area contributed by atoms with Gasteiger partial charge in [-0.05, 0) is 25.0 Å². The molecule has 1 saturated heterocycles. The van der Waals surface area contributed by atoms with Gasteiger partial charge in [0.25, 0.3) is 0 Å². The van der Waals surface area contributed by atoms with Crippen LogP contribution in [0, 0.1) is 6.92 Å². The Morgan fingerprint density at radius 1 is 1.33 bits per heavy atom. The van der Waals surface area contributed by atoms with E-state index in [4.69, 9.17) is 20.1 Å². The Hall–Kier alpha value is -1.14. The van der Waals surface area contributed by atoms with Crippen molar-refractivity contribution in [2.75, 3.05) is 27.4 Å². The molecule has 1 aromatic rings. The second-order valence-electron chi connectivity index (χ2n) is 5.62. The third kappa shape index (κ3) is 3.55. The van der Waals surface area contributed by atoms with Crippen LogP contribution >= 0.6 is 0 Å². The summed E-state index contributed by atoms with van der Waals surface area (Å²) < 4.78 is 16.8. The highest BCUT2D eigenvalue weighted by Gasteiger charge is 2.40. The Labute approximate surface area is 126 Å². The summed E-state index contributed by atoms with van der Waals surface area (Å²) in [5, 5.41) is 0. The van der Waals surface area contributed by atoms with Gasteiger partial charge in [0.05, 0.1) is 18.8 Å². The lowest BCUT2D eigenvalue weighted by atomic mass is 9.82. The van der Waals surface area contributed by atoms with E-state index in [-0.39, 0.29) is 11.6 Å². The van der Waals surface area contributed by atoms with Gasteiger partial charge in [0.1, 0.15) is 5.75 Å². The predicted molar refractivity (Wildman–Crippen MR) is 82.3 cm³/mol. The van der Waals surface area contributed by atoms with E-state index in [1.54, 1.807) is 14.2 Å². The van der Waals surface area contributed by atoms with Gasteiger partial charge in [-0.2, -0.15) is 0 Å². The number of hydrogen-bond acceptors (Lipinski definition) is 5. The number of nitrogens with two attached hydrogens (primary N) is 1. The van der Waals surface area contributed by atoms with Crippen molar-refractivity contribution in [3.63, 3.8) is 0 Å². The number of benzene rings is 1. The average Bonchev–Trinajstić information content (AvgIpc) is 2.53. The minimum atomic E-state index is -0.290. The predicted octanol–water partition coefficient (Wildman–Crippen LogP) is 1.57. The molecule has 0 bridgehead atoms. The van der Waals surface area contributed by atoms with E-state index in [0.29, 0.717) is 13.2 Å². The molecule has 0 amide bonds. The van der Waals surface area contributed by atoms with Gasteiger partial charge in [-0.1, -0.05) is 17.7 Å². The van der Waals surface area contributed by atoms with Crippen LogP contribution < -0.4 is 16.0 Å². The number of hydrogen-bond donors (Lipinski definition) is 2. The van der Waals surface area contributed by atoms with Gasteiger partial charge in [0, 0.05) is 33.2 Å². The zero-order valence-electron chi connectivity index (χ0n) is 13.1. The number of methoxy groups -OCH3 is 2. The van der Waals surface area contributed by atoms with Gasteiger partial charge in [-0.3, -0.25) is 11.3 Å². The molecule has 0 saturated carbocycles. The normalized spacial score (nSPS) is 19.2. The Morgan fingerprint density at radius 3 is 2.62 bits per heavy atom. The topological polar surface area (TPSA) is 65.7 Å². The summed E-state index contributed by atoms with van der Waals surface area (Å²) >= 11 is 0. The first-order valence-electron chi connectivity index (χ1n) is 7.38. The van der Waals surface area contributed by atoms with Crippen molar-refractivity contribution in [3.8, 4) is 5.75 Å². The summed E-state index contributed by atoms with van der Waals surface area (Å²) in [6.45, 7) is 3.49. The fourth-order valence-electron chi connectivity index (χ4n) is 3.10. The van der Waals surface area contributed by atoms with Crippen LogP contribution in [0.1, 0.15) is 24.0 Å². The van der Waals surface area contributed by atoms with Crippen LogP contribution in [0.3, 0.4) is 0 Å². The van der Waals surface area contributed by atoms with E-state index in [9.17, 15) is 0 Å². The first kappa shape index (κ1) is 16.2. The van der Waals surface area contributed by atoms with Crippen molar-refractivity contribution >= 4 is 0 Å². The standard InChI is InChI=1S/C16H26N2O3/c1-12-4-5-14(19-2)13(10-12)11-15(18-17)16(20-3)6-8-21-9-7-16/h4-5,10,15,18H,6-9,11,17H2,1-3H3. The van der Waals surface area contributed by atoms with E-state index >= 15 is 0 Å². The lowest BCUT2D eigenvalue weighted by Gasteiger charge is -2.42. The molecule has 1 fully saturated rings. The quantitative estimate of drug-likeness (QED) is 0.616. The maximum Gasteiger partial charge on any atom is 0.122 e. The molecule has 2 rings (SSSR count). The minimum absolute atomic E-state index is 0.0158. The Balaban J connectivity index is 2.23. The van der Waals surface area contributed by atoms with Gasteiger partial charge in [-0.15, -0.1) is 0 Å². The second kappa shape index (κ2) is 7.22. The number of nitrogens with one attached hydrogen (secondary N) is 1.